The number of rotatable bonds is 4. The fraction of sp³-hybridized carbons (Fsp3) is 0.150. The van der Waals surface area contributed by atoms with Crippen molar-refractivity contribution in [1.29, 1.82) is 5.26 Å². The zero-order valence-electron chi connectivity index (χ0n) is 14.5. The first kappa shape index (κ1) is 18.7. The maximum Gasteiger partial charge on any atom is 0.262 e. The van der Waals surface area contributed by atoms with E-state index in [1.807, 2.05) is 31.2 Å². The summed E-state index contributed by atoms with van der Waals surface area (Å²) in [6.07, 6.45) is 0.434. The number of nitrogens with zero attached hydrogens (tertiary/aromatic N) is 2. The van der Waals surface area contributed by atoms with E-state index < -0.39 is 17.0 Å². The predicted molar refractivity (Wildman–Crippen MR) is 102 cm³/mol. The number of benzene rings is 2. The standard InChI is InChI=1S/C20H16FN3O2S/c1-12-3-2-4-13(9-12)10-17-19(26)24(15-7-5-14(21)6-8-15)20(27-17)16(11-22)18(23)25/h2-9,17H,10H2,1H3,(H2,23,25)/b20-16-/t17-/m1/s1. The average Bonchev–Trinajstić information content (AvgIpc) is 2.92. The third-order valence-corrected chi connectivity index (χ3v) is 5.38. The van der Waals surface area contributed by atoms with Crippen LogP contribution in [-0.2, 0) is 16.0 Å². The van der Waals surface area contributed by atoms with Gasteiger partial charge in [0.1, 0.15) is 22.5 Å². The smallest absolute Gasteiger partial charge is 0.262 e. The highest BCUT2D eigenvalue weighted by atomic mass is 32.2. The van der Waals surface area contributed by atoms with Gasteiger partial charge in [0.05, 0.1) is 5.25 Å². The van der Waals surface area contributed by atoms with Gasteiger partial charge in [-0.1, -0.05) is 41.6 Å². The summed E-state index contributed by atoms with van der Waals surface area (Å²) in [5.41, 5.74) is 7.46. The summed E-state index contributed by atoms with van der Waals surface area (Å²) in [4.78, 5) is 26.0. The highest BCUT2D eigenvalue weighted by molar-refractivity contribution is 8.05. The molecular formula is C20H16FN3O2S. The number of carbonyl (C=O) groups excluding carboxylic acids is 2. The molecular weight excluding hydrogens is 365 g/mol. The number of halogens is 1. The largest absolute Gasteiger partial charge is 0.365 e. The number of primary amides is 1. The number of nitriles is 1. The molecule has 0 spiro atoms. The summed E-state index contributed by atoms with van der Waals surface area (Å²) >= 11 is 1.13. The Labute approximate surface area is 160 Å². The van der Waals surface area contributed by atoms with E-state index >= 15 is 0 Å². The fourth-order valence-corrected chi connectivity index (χ4v) is 4.19. The molecule has 0 bridgehead atoms. The molecule has 1 fully saturated rings. The minimum Gasteiger partial charge on any atom is -0.365 e. The van der Waals surface area contributed by atoms with Crippen molar-refractivity contribution in [2.45, 2.75) is 18.6 Å². The van der Waals surface area contributed by atoms with Crippen molar-refractivity contribution in [3.05, 3.63) is 76.1 Å². The third-order valence-electron chi connectivity index (χ3n) is 4.11. The average molecular weight is 381 g/mol. The molecule has 1 heterocycles. The summed E-state index contributed by atoms with van der Waals surface area (Å²) in [6.45, 7) is 1.96. The lowest BCUT2D eigenvalue weighted by Crippen LogP contribution is -2.31. The van der Waals surface area contributed by atoms with Gasteiger partial charge in [-0.2, -0.15) is 5.26 Å². The van der Waals surface area contributed by atoms with E-state index in [1.165, 1.54) is 29.2 Å². The maximum atomic E-state index is 13.3. The number of hydrogen-bond donors (Lipinski definition) is 1. The summed E-state index contributed by atoms with van der Waals surface area (Å²) in [6, 6.07) is 14.9. The van der Waals surface area contributed by atoms with Crippen LogP contribution in [0.5, 0.6) is 0 Å². The first-order valence-corrected chi connectivity index (χ1v) is 9.04. The van der Waals surface area contributed by atoms with Crippen LogP contribution in [0, 0.1) is 24.1 Å². The van der Waals surface area contributed by atoms with Gasteiger partial charge in [-0.25, -0.2) is 4.39 Å². The van der Waals surface area contributed by atoms with Gasteiger partial charge < -0.3 is 5.73 Å². The highest BCUT2D eigenvalue weighted by Gasteiger charge is 2.40. The number of carbonyl (C=O) groups is 2. The van der Waals surface area contributed by atoms with Crippen molar-refractivity contribution in [2.24, 2.45) is 5.73 Å². The lowest BCUT2D eigenvalue weighted by molar-refractivity contribution is -0.117. The van der Waals surface area contributed by atoms with Gasteiger partial charge in [0.15, 0.2) is 0 Å². The lowest BCUT2D eigenvalue weighted by Gasteiger charge is -2.18. The SMILES string of the molecule is Cc1cccc(C[C@H]2S/C(=C(/C#N)C(N)=O)N(c3ccc(F)cc3)C2=O)c1. The van der Waals surface area contributed by atoms with Crippen LogP contribution < -0.4 is 10.6 Å². The molecule has 5 nitrogen and oxygen atoms in total. The Hall–Kier alpha value is -3.11. The van der Waals surface area contributed by atoms with Crippen molar-refractivity contribution in [1.82, 2.24) is 0 Å². The van der Waals surface area contributed by atoms with E-state index in [1.54, 1.807) is 6.07 Å². The zero-order valence-corrected chi connectivity index (χ0v) is 15.3. The monoisotopic (exact) mass is 381 g/mol. The zero-order chi connectivity index (χ0) is 19.6. The molecule has 1 aliphatic rings. The van der Waals surface area contributed by atoms with Gasteiger partial charge in [-0.15, -0.1) is 0 Å². The molecule has 0 saturated carbocycles. The van der Waals surface area contributed by atoms with Gasteiger partial charge in [0.2, 0.25) is 5.91 Å². The van der Waals surface area contributed by atoms with Crippen molar-refractivity contribution >= 4 is 29.3 Å². The second-order valence-corrected chi connectivity index (χ2v) is 7.30. The Bertz CT molecular complexity index is 979. The quantitative estimate of drug-likeness (QED) is 0.651. The van der Waals surface area contributed by atoms with E-state index in [9.17, 15) is 19.2 Å². The highest BCUT2D eigenvalue weighted by Crippen LogP contribution is 2.41. The summed E-state index contributed by atoms with van der Waals surface area (Å²) in [5.74, 6) is -1.64. The molecule has 0 unspecified atom stereocenters. The van der Waals surface area contributed by atoms with Crippen LogP contribution in [0.3, 0.4) is 0 Å². The first-order chi connectivity index (χ1) is 12.9. The number of amides is 2. The molecule has 1 saturated heterocycles. The van der Waals surface area contributed by atoms with Crippen LogP contribution in [0.4, 0.5) is 10.1 Å². The Morgan fingerprint density at radius 2 is 2.00 bits per heavy atom. The van der Waals surface area contributed by atoms with Crippen LogP contribution in [0.2, 0.25) is 0 Å². The van der Waals surface area contributed by atoms with Crippen molar-refractivity contribution < 1.29 is 14.0 Å². The number of thioether (sulfide) groups is 1. The van der Waals surface area contributed by atoms with Crippen LogP contribution in [-0.4, -0.2) is 17.1 Å². The van der Waals surface area contributed by atoms with Crippen molar-refractivity contribution in [3.8, 4) is 6.07 Å². The topological polar surface area (TPSA) is 87.2 Å². The molecule has 136 valence electrons. The molecule has 2 aromatic carbocycles. The second kappa shape index (κ2) is 7.64. The minimum absolute atomic E-state index is 0.180. The molecule has 0 aliphatic carbocycles. The molecule has 2 aromatic rings. The van der Waals surface area contributed by atoms with E-state index in [-0.39, 0.29) is 16.5 Å². The van der Waals surface area contributed by atoms with Crippen LogP contribution in [0.1, 0.15) is 11.1 Å². The number of anilines is 1. The Balaban J connectivity index is 2.03. The van der Waals surface area contributed by atoms with E-state index in [0.717, 1.165) is 22.9 Å². The van der Waals surface area contributed by atoms with Crippen molar-refractivity contribution in [2.75, 3.05) is 4.90 Å². The van der Waals surface area contributed by atoms with Gasteiger partial charge in [0.25, 0.3) is 5.91 Å². The summed E-state index contributed by atoms with van der Waals surface area (Å²) in [7, 11) is 0. The second-order valence-electron chi connectivity index (χ2n) is 6.11. The minimum atomic E-state index is -0.906. The maximum absolute atomic E-state index is 13.3. The lowest BCUT2D eigenvalue weighted by atomic mass is 10.1. The van der Waals surface area contributed by atoms with E-state index in [2.05, 4.69) is 0 Å². The number of aryl methyl sites for hydroxylation is 1. The molecule has 2 amide bonds. The molecule has 27 heavy (non-hydrogen) atoms. The molecule has 0 radical (unpaired) electrons. The summed E-state index contributed by atoms with van der Waals surface area (Å²) in [5, 5.41) is 9.01. The Kier molecular flexibility index (Phi) is 5.28. The molecule has 3 rings (SSSR count). The van der Waals surface area contributed by atoms with Crippen LogP contribution in [0.15, 0.2) is 59.1 Å². The van der Waals surface area contributed by atoms with E-state index in [0.29, 0.717) is 12.1 Å². The van der Waals surface area contributed by atoms with Crippen LogP contribution >= 0.6 is 11.8 Å². The number of nitrogens with two attached hydrogens (primary N) is 1. The van der Waals surface area contributed by atoms with E-state index in [4.69, 9.17) is 5.73 Å². The van der Waals surface area contributed by atoms with Gasteiger partial charge >= 0.3 is 0 Å². The first-order valence-electron chi connectivity index (χ1n) is 8.16. The summed E-state index contributed by atoms with van der Waals surface area (Å²) < 4.78 is 13.3. The molecule has 0 aromatic heterocycles. The van der Waals surface area contributed by atoms with Gasteiger partial charge in [-0.3, -0.25) is 14.5 Å². The predicted octanol–water partition coefficient (Wildman–Crippen LogP) is 3.05. The molecule has 1 atom stereocenters. The third kappa shape index (κ3) is 3.86. The molecule has 1 aliphatic heterocycles. The fourth-order valence-electron chi connectivity index (χ4n) is 2.88. The number of hydrogen-bond acceptors (Lipinski definition) is 4. The van der Waals surface area contributed by atoms with Crippen LogP contribution in [0.25, 0.3) is 0 Å². The van der Waals surface area contributed by atoms with Gasteiger partial charge in [0, 0.05) is 5.69 Å². The Morgan fingerprint density at radius 1 is 1.30 bits per heavy atom. The Morgan fingerprint density at radius 3 is 2.59 bits per heavy atom. The normalized spacial score (nSPS) is 18.3. The molecule has 2 N–H and O–H groups in total. The van der Waals surface area contributed by atoms with Crippen molar-refractivity contribution in [3.63, 3.8) is 0 Å². The van der Waals surface area contributed by atoms with Gasteiger partial charge in [-0.05, 0) is 43.2 Å². The molecule has 7 heteroatoms.